The molecule has 8 heteroatoms. The van der Waals surface area contributed by atoms with Crippen molar-refractivity contribution in [2.24, 2.45) is 0 Å². The van der Waals surface area contributed by atoms with E-state index in [1.807, 2.05) is 0 Å². The number of aromatic nitrogens is 2. The van der Waals surface area contributed by atoms with Crippen LogP contribution in [0.4, 0.5) is 13.2 Å². The zero-order valence-electron chi connectivity index (χ0n) is 12.2. The Morgan fingerprint density at radius 1 is 1.17 bits per heavy atom. The second kappa shape index (κ2) is 6.23. The van der Waals surface area contributed by atoms with Crippen LogP contribution in [0.3, 0.4) is 0 Å². The molecule has 3 rings (SSSR count). The molecular weight excluding hydrogens is 323 g/mol. The number of nitrogens with one attached hydrogen (secondary N) is 2. The number of H-pyrrole nitrogens is 1. The van der Waals surface area contributed by atoms with E-state index in [1.165, 1.54) is 30.6 Å². The molecule has 1 heterocycles. The van der Waals surface area contributed by atoms with Crippen LogP contribution in [0, 0.1) is 0 Å². The van der Waals surface area contributed by atoms with Crippen molar-refractivity contribution < 1.29 is 22.7 Å². The van der Waals surface area contributed by atoms with Crippen LogP contribution < -0.4 is 10.1 Å². The van der Waals surface area contributed by atoms with Gasteiger partial charge in [0.05, 0.1) is 17.4 Å². The van der Waals surface area contributed by atoms with E-state index < -0.39 is 6.36 Å². The summed E-state index contributed by atoms with van der Waals surface area (Å²) in [6, 6.07) is 10.4. The SMILES string of the molecule is O=C(NCc1ccc(OC(F)(F)F)cc1)c1ccc2nc[nH]c2c1. The molecule has 1 aromatic heterocycles. The van der Waals surface area contributed by atoms with Gasteiger partial charge in [-0.2, -0.15) is 0 Å². The van der Waals surface area contributed by atoms with Gasteiger partial charge in [0.1, 0.15) is 5.75 Å². The first kappa shape index (κ1) is 15.9. The Morgan fingerprint density at radius 3 is 2.62 bits per heavy atom. The van der Waals surface area contributed by atoms with Crippen molar-refractivity contribution in [1.82, 2.24) is 15.3 Å². The molecule has 0 saturated heterocycles. The van der Waals surface area contributed by atoms with Crippen molar-refractivity contribution in [3.63, 3.8) is 0 Å². The average molecular weight is 335 g/mol. The number of carbonyl (C=O) groups is 1. The molecule has 0 spiro atoms. The van der Waals surface area contributed by atoms with Crippen molar-refractivity contribution in [3.8, 4) is 5.75 Å². The van der Waals surface area contributed by atoms with Gasteiger partial charge < -0.3 is 15.0 Å². The van der Waals surface area contributed by atoms with Gasteiger partial charge in [-0.1, -0.05) is 12.1 Å². The van der Waals surface area contributed by atoms with Crippen molar-refractivity contribution >= 4 is 16.9 Å². The van der Waals surface area contributed by atoms with Gasteiger partial charge in [0.2, 0.25) is 0 Å². The van der Waals surface area contributed by atoms with E-state index in [0.29, 0.717) is 11.1 Å². The third-order valence-electron chi connectivity index (χ3n) is 3.29. The summed E-state index contributed by atoms with van der Waals surface area (Å²) >= 11 is 0. The maximum absolute atomic E-state index is 12.1. The van der Waals surface area contributed by atoms with Crippen LogP contribution in [-0.4, -0.2) is 22.2 Å². The third kappa shape index (κ3) is 3.83. The zero-order chi connectivity index (χ0) is 17.2. The number of benzene rings is 2. The number of hydrogen-bond donors (Lipinski definition) is 2. The Kier molecular flexibility index (Phi) is 4.11. The van der Waals surface area contributed by atoms with Gasteiger partial charge in [-0.05, 0) is 35.9 Å². The molecule has 0 atom stereocenters. The summed E-state index contributed by atoms with van der Waals surface area (Å²) in [6.07, 6.45) is -3.18. The smallest absolute Gasteiger partial charge is 0.406 e. The maximum atomic E-state index is 12.1. The van der Waals surface area contributed by atoms with Crippen LogP contribution in [0.15, 0.2) is 48.8 Å². The Balaban J connectivity index is 1.61. The summed E-state index contributed by atoms with van der Waals surface area (Å²) in [5.74, 6) is -0.593. The van der Waals surface area contributed by atoms with Gasteiger partial charge in [-0.25, -0.2) is 4.98 Å². The molecular formula is C16H12F3N3O2. The Morgan fingerprint density at radius 2 is 1.92 bits per heavy atom. The van der Waals surface area contributed by atoms with Crippen LogP contribution in [0.25, 0.3) is 11.0 Å². The predicted octanol–water partition coefficient (Wildman–Crippen LogP) is 3.39. The quantitative estimate of drug-likeness (QED) is 0.768. The number of hydrogen-bond acceptors (Lipinski definition) is 3. The first-order chi connectivity index (χ1) is 11.4. The standard InChI is InChI=1S/C16H12F3N3O2/c17-16(18,19)24-12-4-1-10(2-5-12)8-20-15(23)11-3-6-13-14(7-11)22-9-21-13/h1-7,9H,8H2,(H,20,23)(H,21,22). The first-order valence-electron chi connectivity index (χ1n) is 6.97. The summed E-state index contributed by atoms with van der Waals surface area (Å²) in [4.78, 5) is 19.1. The normalized spacial score (nSPS) is 11.5. The third-order valence-corrected chi connectivity index (χ3v) is 3.29. The van der Waals surface area contributed by atoms with Crippen molar-refractivity contribution in [2.75, 3.05) is 0 Å². The largest absolute Gasteiger partial charge is 0.573 e. The average Bonchev–Trinajstić information content (AvgIpc) is 3.00. The molecule has 3 aromatic rings. The molecule has 2 N–H and O–H groups in total. The summed E-state index contributed by atoms with van der Waals surface area (Å²) < 4.78 is 40.0. The minimum atomic E-state index is -4.72. The molecule has 0 saturated carbocycles. The molecule has 0 radical (unpaired) electrons. The number of carbonyl (C=O) groups excluding carboxylic acids is 1. The van der Waals surface area contributed by atoms with Crippen molar-refractivity contribution in [1.29, 1.82) is 0 Å². The lowest BCUT2D eigenvalue weighted by Gasteiger charge is -2.10. The number of aromatic amines is 1. The highest BCUT2D eigenvalue weighted by Gasteiger charge is 2.30. The highest BCUT2D eigenvalue weighted by molar-refractivity contribution is 5.97. The van der Waals surface area contributed by atoms with Gasteiger partial charge in [-0.3, -0.25) is 4.79 Å². The van der Waals surface area contributed by atoms with Crippen LogP contribution >= 0.6 is 0 Å². The fraction of sp³-hybridized carbons (Fsp3) is 0.125. The molecule has 0 fully saturated rings. The van der Waals surface area contributed by atoms with Crippen LogP contribution in [-0.2, 0) is 6.54 Å². The molecule has 124 valence electrons. The summed E-state index contributed by atoms with van der Waals surface area (Å²) in [5.41, 5.74) is 2.62. The van der Waals surface area contributed by atoms with E-state index in [0.717, 1.165) is 11.0 Å². The van der Waals surface area contributed by atoms with Gasteiger partial charge in [0.25, 0.3) is 5.91 Å². The molecule has 0 aliphatic heterocycles. The monoisotopic (exact) mass is 335 g/mol. The highest BCUT2D eigenvalue weighted by Crippen LogP contribution is 2.22. The summed E-state index contributed by atoms with van der Waals surface area (Å²) in [6.45, 7) is 0.187. The van der Waals surface area contributed by atoms with E-state index in [1.54, 1.807) is 18.2 Å². The number of halogens is 3. The van der Waals surface area contributed by atoms with Crippen molar-refractivity contribution in [3.05, 3.63) is 59.9 Å². The summed E-state index contributed by atoms with van der Waals surface area (Å²) in [7, 11) is 0. The van der Waals surface area contributed by atoms with Gasteiger partial charge in [-0.15, -0.1) is 13.2 Å². The number of nitrogens with zero attached hydrogens (tertiary/aromatic N) is 1. The summed E-state index contributed by atoms with van der Waals surface area (Å²) in [5, 5.41) is 2.70. The molecule has 0 aliphatic carbocycles. The topological polar surface area (TPSA) is 67.0 Å². The number of fused-ring (bicyclic) bond motifs is 1. The molecule has 0 bridgehead atoms. The number of imidazole rings is 1. The molecule has 1 amide bonds. The zero-order valence-corrected chi connectivity index (χ0v) is 12.2. The van der Waals surface area contributed by atoms with Gasteiger partial charge >= 0.3 is 6.36 Å². The van der Waals surface area contributed by atoms with Gasteiger partial charge in [0.15, 0.2) is 0 Å². The number of rotatable bonds is 4. The number of ether oxygens (including phenoxy) is 1. The maximum Gasteiger partial charge on any atom is 0.573 e. The minimum Gasteiger partial charge on any atom is -0.406 e. The minimum absolute atomic E-state index is 0.187. The molecule has 24 heavy (non-hydrogen) atoms. The first-order valence-corrected chi connectivity index (χ1v) is 6.97. The Bertz CT molecular complexity index is 857. The fourth-order valence-corrected chi connectivity index (χ4v) is 2.17. The van der Waals surface area contributed by atoms with Crippen LogP contribution in [0.5, 0.6) is 5.75 Å². The molecule has 0 unspecified atom stereocenters. The van der Waals surface area contributed by atoms with Crippen LogP contribution in [0.2, 0.25) is 0 Å². The fourth-order valence-electron chi connectivity index (χ4n) is 2.17. The van der Waals surface area contributed by atoms with E-state index in [-0.39, 0.29) is 18.2 Å². The van der Waals surface area contributed by atoms with E-state index in [9.17, 15) is 18.0 Å². The highest BCUT2D eigenvalue weighted by atomic mass is 19.4. The second-order valence-electron chi connectivity index (χ2n) is 5.01. The lowest BCUT2D eigenvalue weighted by atomic mass is 10.1. The number of amides is 1. The molecule has 0 aliphatic rings. The Labute approximate surface area is 134 Å². The van der Waals surface area contributed by atoms with Crippen molar-refractivity contribution in [2.45, 2.75) is 12.9 Å². The van der Waals surface area contributed by atoms with E-state index in [4.69, 9.17) is 0 Å². The van der Waals surface area contributed by atoms with E-state index >= 15 is 0 Å². The van der Waals surface area contributed by atoms with E-state index in [2.05, 4.69) is 20.0 Å². The molecule has 2 aromatic carbocycles. The van der Waals surface area contributed by atoms with Gasteiger partial charge in [0, 0.05) is 12.1 Å². The second-order valence-corrected chi connectivity index (χ2v) is 5.01. The van der Waals surface area contributed by atoms with Crippen LogP contribution in [0.1, 0.15) is 15.9 Å². The Hall–Kier alpha value is -3.03. The predicted molar refractivity (Wildman–Crippen MR) is 80.4 cm³/mol. The lowest BCUT2D eigenvalue weighted by molar-refractivity contribution is -0.274. The molecule has 5 nitrogen and oxygen atoms in total. The lowest BCUT2D eigenvalue weighted by Crippen LogP contribution is -2.22. The number of alkyl halides is 3.